The minimum absolute atomic E-state index is 0.184. The summed E-state index contributed by atoms with van der Waals surface area (Å²) in [6.45, 7) is 0.652. The number of sulfone groups is 1. The lowest BCUT2D eigenvalue weighted by Crippen LogP contribution is -1.99. The summed E-state index contributed by atoms with van der Waals surface area (Å²) < 4.78 is 46.9. The van der Waals surface area contributed by atoms with E-state index >= 15 is 0 Å². The molecule has 28 heavy (non-hydrogen) atoms. The molecule has 2 aromatic carbocycles. The second-order valence-corrected chi connectivity index (χ2v) is 8.48. The van der Waals surface area contributed by atoms with Crippen LogP contribution in [0.1, 0.15) is 12.0 Å². The Hall–Kier alpha value is -2.51. The van der Waals surface area contributed by atoms with E-state index in [0.29, 0.717) is 40.4 Å². The first-order valence-electron chi connectivity index (χ1n) is 8.86. The quantitative estimate of drug-likeness (QED) is 0.526. The number of aryl methyl sites for hydroxylation is 1. The predicted molar refractivity (Wildman–Crippen MR) is 108 cm³/mol. The van der Waals surface area contributed by atoms with Crippen LogP contribution in [0.5, 0.6) is 11.5 Å². The van der Waals surface area contributed by atoms with Crippen molar-refractivity contribution in [2.24, 2.45) is 0 Å². The van der Waals surface area contributed by atoms with Crippen molar-refractivity contribution in [2.45, 2.75) is 17.7 Å². The van der Waals surface area contributed by atoms with Crippen LogP contribution in [-0.2, 0) is 21.0 Å². The third-order valence-corrected chi connectivity index (χ3v) is 5.68. The average molecular weight is 404 g/mol. The molecule has 0 aliphatic carbocycles. The van der Waals surface area contributed by atoms with E-state index in [1.807, 2.05) is 18.2 Å². The van der Waals surface area contributed by atoms with Gasteiger partial charge in [0, 0.05) is 30.9 Å². The van der Waals surface area contributed by atoms with Gasteiger partial charge in [-0.1, -0.05) is 6.07 Å². The minimum Gasteiger partial charge on any atom is -0.493 e. The molecule has 7 heteroatoms. The summed E-state index contributed by atoms with van der Waals surface area (Å²) in [5, 5.41) is 0.585. The normalized spacial score (nSPS) is 11.7. The maximum atomic E-state index is 12.6. The second kappa shape index (κ2) is 8.24. The van der Waals surface area contributed by atoms with Gasteiger partial charge in [0.15, 0.2) is 27.1 Å². The van der Waals surface area contributed by atoms with E-state index in [0.717, 1.165) is 18.4 Å². The SMILES string of the molecule is COCCCc1ccc2oc(-c3ccc(OC)c(OC)c3)c(S(C)(=O)=O)c2c1. The standard InChI is InChI=1S/C21H24O6S/c1-24-11-5-6-14-7-9-17-16(12-14)21(28(4,22)23)20(27-17)15-8-10-18(25-2)19(13-15)26-3/h7-10,12-13H,5-6,11H2,1-4H3. The van der Waals surface area contributed by atoms with Gasteiger partial charge in [-0.3, -0.25) is 0 Å². The van der Waals surface area contributed by atoms with Crippen molar-refractivity contribution >= 4 is 20.8 Å². The molecular formula is C21H24O6S. The molecule has 150 valence electrons. The summed E-state index contributed by atoms with van der Waals surface area (Å²) in [5.74, 6) is 1.36. The van der Waals surface area contributed by atoms with Crippen molar-refractivity contribution in [3.05, 3.63) is 42.0 Å². The molecule has 3 rings (SSSR count). The van der Waals surface area contributed by atoms with E-state index in [1.165, 1.54) is 13.4 Å². The van der Waals surface area contributed by atoms with Gasteiger partial charge in [0.2, 0.25) is 0 Å². The first-order valence-corrected chi connectivity index (χ1v) is 10.7. The summed E-state index contributed by atoms with van der Waals surface area (Å²) in [6, 6.07) is 10.8. The molecule has 0 bridgehead atoms. The molecule has 0 radical (unpaired) electrons. The van der Waals surface area contributed by atoms with E-state index in [1.54, 1.807) is 32.4 Å². The van der Waals surface area contributed by atoms with Gasteiger partial charge in [0.1, 0.15) is 10.5 Å². The van der Waals surface area contributed by atoms with Crippen LogP contribution in [0.25, 0.3) is 22.3 Å². The number of benzene rings is 2. The minimum atomic E-state index is -3.53. The Morgan fingerprint density at radius 1 is 0.964 bits per heavy atom. The highest BCUT2D eigenvalue weighted by Gasteiger charge is 2.25. The van der Waals surface area contributed by atoms with Gasteiger partial charge in [0.05, 0.1) is 14.2 Å². The van der Waals surface area contributed by atoms with Crippen LogP contribution in [0.4, 0.5) is 0 Å². The Kier molecular flexibility index (Phi) is 5.96. The lowest BCUT2D eigenvalue weighted by Gasteiger charge is -2.09. The zero-order valence-electron chi connectivity index (χ0n) is 16.4. The summed E-state index contributed by atoms with van der Waals surface area (Å²) in [6.07, 6.45) is 2.85. The van der Waals surface area contributed by atoms with Crippen LogP contribution in [-0.4, -0.2) is 42.6 Å². The van der Waals surface area contributed by atoms with Gasteiger partial charge in [-0.05, 0) is 48.7 Å². The molecule has 0 amide bonds. The number of hydrogen-bond acceptors (Lipinski definition) is 6. The van der Waals surface area contributed by atoms with Crippen molar-refractivity contribution < 1.29 is 27.0 Å². The van der Waals surface area contributed by atoms with E-state index in [2.05, 4.69) is 0 Å². The largest absolute Gasteiger partial charge is 0.493 e. The Morgan fingerprint density at radius 2 is 1.71 bits per heavy atom. The topological polar surface area (TPSA) is 75.0 Å². The van der Waals surface area contributed by atoms with Crippen LogP contribution in [0, 0.1) is 0 Å². The van der Waals surface area contributed by atoms with Crippen LogP contribution in [0.15, 0.2) is 45.7 Å². The maximum Gasteiger partial charge on any atom is 0.179 e. The summed E-state index contributed by atoms with van der Waals surface area (Å²) >= 11 is 0. The number of methoxy groups -OCH3 is 3. The highest BCUT2D eigenvalue weighted by molar-refractivity contribution is 7.91. The van der Waals surface area contributed by atoms with Crippen molar-refractivity contribution in [3.63, 3.8) is 0 Å². The zero-order valence-corrected chi connectivity index (χ0v) is 17.3. The van der Waals surface area contributed by atoms with Gasteiger partial charge < -0.3 is 18.6 Å². The fourth-order valence-electron chi connectivity index (χ4n) is 3.23. The molecule has 3 aromatic rings. The predicted octanol–water partition coefficient (Wildman–Crippen LogP) is 4.10. The molecule has 6 nitrogen and oxygen atoms in total. The van der Waals surface area contributed by atoms with E-state index in [-0.39, 0.29) is 4.90 Å². The van der Waals surface area contributed by atoms with E-state index in [9.17, 15) is 8.42 Å². The highest BCUT2D eigenvalue weighted by Crippen LogP contribution is 2.40. The molecular weight excluding hydrogens is 380 g/mol. The fraction of sp³-hybridized carbons (Fsp3) is 0.333. The monoisotopic (exact) mass is 404 g/mol. The Morgan fingerprint density at radius 3 is 2.36 bits per heavy atom. The molecule has 0 saturated heterocycles. The van der Waals surface area contributed by atoms with Crippen LogP contribution < -0.4 is 9.47 Å². The van der Waals surface area contributed by atoms with Crippen LogP contribution in [0.2, 0.25) is 0 Å². The number of fused-ring (bicyclic) bond motifs is 1. The van der Waals surface area contributed by atoms with Crippen molar-refractivity contribution in [1.82, 2.24) is 0 Å². The number of ether oxygens (including phenoxy) is 3. The second-order valence-electron chi connectivity index (χ2n) is 6.53. The third-order valence-electron chi connectivity index (χ3n) is 4.54. The number of furan rings is 1. The van der Waals surface area contributed by atoms with E-state index < -0.39 is 9.84 Å². The molecule has 0 N–H and O–H groups in total. The number of hydrogen-bond donors (Lipinski definition) is 0. The third kappa shape index (κ3) is 4.00. The van der Waals surface area contributed by atoms with Crippen molar-refractivity contribution in [3.8, 4) is 22.8 Å². The summed E-state index contributed by atoms with van der Waals surface area (Å²) in [7, 11) is 1.21. The molecule has 0 fully saturated rings. The fourth-order valence-corrected chi connectivity index (χ4v) is 4.29. The molecule has 0 saturated carbocycles. The van der Waals surface area contributed by atoms with Crippen molar-refractivity contribution in [1.29, 1.82) is 0 Å². The average Bonchev–Trinajstić information content (AvgIpc) is 3.06. The van der Waals surface area contributed by atoms with Crippen LogP contribution >= 0.6 is 0 Å². The summed E-state index contributed by atoms with van der Waals surface area (Å²) in [4.78, 5) is 0.184. The zero-order chi connectivity index (χ0) is 20.3. The molecule has 0 spiro atoms. The molecule has 1 heterocycles. The Balaban J connectivity index is 2.17. The molecule has 0 unspecified atom stereocenters. The lowest BCUT2D eigenvalue weighted by molar-refractivity contribution is 0.195. The highest BCUT2D eigenvalue weighted by atomic mass is 32.2. The van der Waals surface area contributed by atoms with Gasteiger partial charge in [-0.25, -0.2) is 8.42 Å². The Labute approximate surface area is 164 Å². The lowest BCUT2D eigenvalue weighted by atomic mass is 10.1. The van der Waals surface area contributed by atoms with Crippen molar-refractivity contribution in [2.75, 3.05) is 34.2 Å². The van der Waals surface area contributed by atoms with Gasteiger partial charge in [-0.15, -0.1) is 0 Å². The molecule has 1 aromatic heterocycles. The molecule has 0 aliphatic heterocycles. The summed E-state index contributed by atoms with van der Waals surface area (Å²) in [5.41, 5.74) is 2.17. The van der Waals surface area contributed by atoms with Gasteiger partial charge in [-0.2, -0.15) is 0 Å². The molecule has 0 aliphatic rings. The van der Waals surface area contributed by atoms with Gasteiger partial charge in [0.25, 0.3) is 0 Å². The molecule has 0 atom stereocenters. The van der Waals surface area contributed by atoms with Gasteiger partial charge >= 0.3 is 0 Å². The smallest absolute Gasteiger partial charge is 0.179 e. The number of rotatable bonds is 8. The Bertz CT molecular complexity index is 1080. The maximum absolute atomic E-state index is 12.6. The first-order chi connectivity index (χ1) is 13.4. The first kappa shape index (κ1) is 20.2. The van der Waals surface area contributed by atoms with Crippen LogP contribution in [0.3, 0.4) is 0 Å². The van der Waals surface area contributed by atoms with E-state index in [4.69, 9.17) is 18.6 Å².